The number of hydrogen-bond donors (Lipinski definition) is 0. The summed E-state index contributed by atoms with van der Waals surface area (Å²) in [6, 6.07) is 0. The van der Waals surface area contributed by atoms with Crippen molar-refractivity contribution in [3.63, 3.8) is 0 Å². The van der Waals surface area contributed by atoms with Crippen molar-refractivity contribution in [2.45, 2.75) is 56.5 Å². The Morgan fingerprint density at radius 3 is 1.58 bits per heavy atom. The summed E-state index contributed by atoms with van der Waals surface area (Å²) in [5.41, 5.74) is 8.83. The SMILES string of the molecule is C=C/C=C(\C=C/C)C1=CC2=C3CCCC3=C3C=C(C(/C=C\C)=C/C=C)SC3(C)C2(C)S1. The van der Waals surface area contributed by atoms with Crippen molar-refractivity contribution >= 4 is 23.5 Å². The second kappa shape index (κ2) is 8.56. The van der Waals surface area contributed by atoms with Crippen LogP contribution in [0.2, 0.25) is 0 Å². The highest BCUT2D eigenvalue weighted by atomic mass is 32.2. The van der Waals surface area contributed by atoms with Crippen LogP contribution in [0, 0.1) is 0 Å². The largest absolute Gasteiger partial charge is 0.112 e. The van der Waals surface area contributed by atoms with Gasteiger partial charge >= 0.3 is 0 Å². The van der Waals surface area contributed by atoms with E-state index in [2.05, 4.69) is 89.5 Å². The number of fused-ring (bicyclic) bond motifs is 4. The first-order chi connectivity index (χ1) is 14.9. The van der Waals surface area contributed by atoms with Gasteiger partial charge in [0.1, 0.15) is 0 Å². The number of allylic oxidation sites excluding steroid dienone is 14. The zero-order valence-corrected chi connectivity index (χ0v) is 20.8. The van der Waals surface area contributed by atoms with E-state index in [1.807, 2.05) is 35.7 Å². The van der Waals surface area contributed by atoms with Gasteiger partial charge in [0.15, 0.2) is 0 Å². The van der Waals surface area contributed by atoms with Gasteiger partial charge in [-0.25, -0.2) is 0 Å². The van der Waals surface area contributed by atoms with Crippen molar-refractivity contribution in [1.29, 1.82) is 0 Å². The standard InChI is InChI=1S/C29H32S2/c1-7-12-20(13-8-2)26-18-24-22-16-11-17-23(22)25-19-27(21(14-9-3)15-10-4)31-29(25,6)28(24,5)30-26/h7-10,12-15,18-19H,1,3,11,16-17H2,2,4-6H3/b13-8-,15-10-,20-12+,21-14+. The minimum atomic E-state index is 0.000809. The van der Waals surface area contributed by atoms with E-state index in [9.17, 15) is 0 Å². The Labute approximate surface area is 196 Å². The summed E-state index contributed by atoms with van der Waals surface area (Å²) in [5.74, 6) is 0. The van der Waals surface area contributed by atoms with Gasteiger partial charge in [-0.05, 0) is 92.5 Å². The Morgan fingerprint density at radius 2 is 1.23 bits per heavy atom. The Hall–Kier alpha value is -1.90. The van der Waals surface area contributed by atoms with Crippen molar-refractivity contribution in [2.24, 2.45) is 0 Å². The lowest BCUT2D eigenvalue weighted by Gasteiger charge is -2.47. The summed E-state index contributed by atoms with van der Waals surface area (Å²) in [5, 5.41) is 0. The molecule has 2 unspecified atom stereocenters. The van der Waals surface area contributed by atoms with Crippen LogP contribution in [0.4, 0.5) is 0 Å². The van der Waals surface area contributed by atoms with Crippen LogP contribution in [-0.2, 0) is 0 Å². The highest BCUT2D eigenvalue weighted by molar-refractivity contribution is 8.09. The van der Waals surface area contributed by atoms with Crippen molar-refractivity contribution < 1.29 is 0 Å². The summed E-state index contributed by atoms with van der Waals surface area (Å²) in [6.07, 6.45) is 25.4. The normalized spacial score (nSPS) is 30.7. The smallest absolute Gasteiger partial charge is 0.0618 e. The third-order valence-electron chi connectivity index (χ3n) is 6.84. The molecule has 160 valence electrons. The molecule has 4 aliphatic rings. The molecule has 0 amide bonds. The fourth-order valence-electron chi connectivity index (χ4n) is 5.28. The van der Waals surface area contributed by atoms with Gasteiger partial charge in [-0.1, -0.05) is 61.8 Å². The second-order valence-electron chi connectivity index (χ2n) is 8.64. The highest BCUT2D eigenvalue weighted by Crippen LogP contribution is 2.69. The zero-order chi connectivity index (χ0) is 22.2. The third kappa shape index (κ3) is 3.39. The van der Waals surface area contributed by atoms with Crippen molar-refractivity contribution in [1.82, 2.24) is 0 Å². The molecule has 0 saturated heterocycles. The molecule has 2 atom stereocenters. The molecule has 2 heterocycles. The van der Waals surface area contributed by atoms with Crippen molar-refractivity contribution in [3.05, 3.63) is 117 Å². The van der Waals surface area contributed by atoms with Gasteiger partial charge in [0, 0.05) is 9.81 Å². The maximum Gasteiger partial charge on any atom is 0.0618 e. The summed E-state index contributed by atoms with van der Waals surface area (Å²) < 4.78 is 0.00162. The Morgan fingerprint density at radius 1 is 0.806 bits per heavy atom. The molecule has 0 N–H and O–H groups in total. The summed E-state index contributed by atoms with van der Waals surface area (Å²) in [4.78, 5) is 2.72. The first-order valence-corrected chi connectivity index (χ1v) is 12.8. The molecule has 1 saturated carbocycles. The molecule has 31 heavy (non-hydrogen) atoms. The molecular weight excluding hydrogens is 412 g/mol. The van der Waals surface area contributed by atoms with Crippen molar-refractivity contribution in [2.75, 3.05) is 0 Å². The lowest BCUT2D eigenvalue weighted by atomic mass is 9.72. The molecule has 0 nitrogen and oxygen atoms in total. The molecule has 2 aliphatic heterocycles. The molecule has 0 aromatic rings. The van der Waals surface area contributed by atoms with Gasteiger partial charge in [0.25, 0.3) is 0 Å². The van der Waals surface area contributed by atoms with Crippen LogP contribution in [0.25, 0.3) is 0 Å². The van der Waals surface area contributed by atoms with Crippen molar-refractivity contribution in [3.8, 4) is 0 Å². The summed E-state index contributed by atoms with van der Waals surface area (Å²) in [6.45, 7) is 17.0. The second-order valence-corrected chi connectivity index (χ2v) is 11.6. The number of thioether (sulfide) groups is 2. The molecule has 0 bridgehead atoms. The molecule has 0 aromatic heterocycles. The van der Waals surface area contributed by atoms with Crippen LogP contribution in [0.15, 0.2) is 117 Å². The molecule has 2 aliphatic carbocycles. The van der Waals surface area contributed by atoms with E-state index in [1.54, 1.807) is 22.3 Å². The van der Waals surface area contributed by atoms with Crippen LogP contribution in [-0.4, -0.2) is 9.49 Å². The minimum Gasteiger partial charge on any atom is -0.112 e. The molecule has 0 spiro atoms. The van der Waals surface area contributed by atoms with E-state index in [4.69, 9.17) is 0 Å². The lowest BCUT2D eigenvalue weighted by molar-refractivity contribution is 0.607. The van der Waals surface area contributed by atoms with Crippen LogP contribution in [0.5, 0.6) is 0 Å². The predicted octanol–water partition coefficient (Wildman–Crippen LogP) is 8.93. The summed E-state index contributed by atoms with van der Waals surface area (Å²) >= 11 is 4.08. The van der Waals surface area contributed by atoms with Crippen LogP contribution in [0.1, 0.15) is 47.0 Å². The molecular formula is C29H32S2. The Bertz CT molecular complexity index is 994. The molecule has 2 heteroatoms. The van der Waals surface area contributed by atoms with E-state index in [0.29, 0.717) is 0 Å². The maximum absolute atomic E-state index is 3.95. The molecule has 1 fully saturated rings. The fourth-order valence-corrected chi connectivity index (χ4v) is 8.47. The van der Waals surface area contributed by atoms with Gasteiger partial charge in [-0.2, -0.15) is 0 Å². The number of hydrogen-bond acceptors (Lipinski definition) is 2. The highest BCUT2D eigenvalue weighted by Gasteiger charge is 2.59. The number of rotatable bonds is 6. The van der Waals surface area contributed by atoms with Gasteiger partial charge in [-0.3, -0.25) is 0 Å². The van der Waals surface area contributed by atoms with Crippen LogP contribution >= 0.6 is 23.5 Å². The van der Waals surface area contributed by atoms with E-state index >= 15 is 0 Å². The van der Waals surface area contributed by atoms with E-state index < -0.39 is 0 Å². The quantitative estimate of drug-likeness (QED) is 0.375. The maximum atomic E-state index is 3.95. The molecule has 4 rings (SSSR count). The molecule has 0 aromatic carbocycles. The predicted molar refractivity (Wildman–Crippen MR) is 142 cm³/mol. The monoisotopic (exact) mass is 444 g/mol. The summed E-state index contributed by atoms with van der Waals surface area (Å²) in [7, 11) is 0. The first kappa shape index (κ1) is 22.3. The van der Waals surface area contributed by atoms with Gasteiger partial charge in [-0.15, -0.1) is 23.5 Å². The average molecular weight is 445 g/mol. The third-order valence-corrected chi connectivity index (χ3v) is 10.2. The van der Waals surface area contributed by atoms with Crippen LogP contribution < -0.4 is 0 Å². The Kier molecular flexibility index (Phi) is 6.16. The topological polar surface area (TPSA) is 0 Å². The van der Waals surface area contributed by atoms with E-state index in [-0.39, 0.29) is 9.49 Å². The molecule has 0 radical (unpaired) electrons. The minimum absolute atomic E-state index is 0.000809. The first-order valence-electron chi connectivity index (χ1n) is 11.1. The zero-order valence-electron chi connectivity index (χ0n) is 19.1. The van der Waals surface area contributed by atoms with Gasteiger partial charge in [0.05, 0.1) is 9.49 Å². The van der Waals surface area contributed by atoms with E-state index in [0.717, 1.165) is 0 Å². The average Bonchev–Trinajstić information content (AvgIpc) is 3.43. The fraction of sp³-hybridized carbons (Fsp3) is 0.310. The Balaban J connectivity index is 1.87. The van der Waals surface area contributed by atoms with Gasteiger partial charge in [0.2, 0.25) is 0 Å². The lowest BCUT2D eigenvalue weighted by Crippen LogP contribution is -2.47. The van der Waals surface area contributed by atoms with Gasteiger partial charge < -0.3 is 0 Å². The van der Waals surface area contributed by atoms with Crippen LogP contribution in [0.3, 0.4) is 0 Å². The van der Waals surface area contributed by atoms with E-state index in [1.165, 1.54) is 40.2 Å².